The Morgan fingerprint density at radius 2 is 2.00 bits per heavy atom. The molecule has 136 valence electrons. The van der Waals surface area contributed by atoms with Gasteiger partial charge < -0.3 is 15.0 Å². The fourth-order valence-electron chi connectivity index (χ4n) is 2.89. The lowest BCUT2D eigenvalue weighted by Gasteiger charge is -2.17. The molecule has 0 saturated heterocycles. The van der Waals surface area contributed by atoms with E-state index < -0.39 is 0 Å². The summed E-state index contributed by atoms with van der Waals surface area (Å²) in [7, 11) is 4.11. The smallest absolute Gasteiger partial charge is 0.342 e. The molecule has 2 rings (SSSR count). The normalized spacial score (nSPS) is 11.4. The zero-order valence-electron chi connectivity index (χ0n) is 16.1. The van der Waals surface area contributed by atoms with Crippen LogP contribution < -0.4 is 5.32 Å². The topological polar surface area (TPSA) is 54.5 Å². The molecule has 1 aromatic carbocycles. The van der Waals surface area contributed by atoms with E-state index in [4.69, 9.17) is 4.74 Å². The molecule has 5 heteroatoms. The van der Waals surface area contributed by atoms with Gasteiger partial charge in [0.15, 0.2) is 0 Å². The zero-order valence-corrected chi connectivity index (χ0v) is 16.1. The molecule has 1 N–H and O–H groups in total. The van der Waals surface area contributed by atoms with Crippen molar-refractivity contribution in [3.8, 4) is 0 Å². The monoisotopic (exact) mass is 343 g/mol. The van der Waals surface area contributed by atoms with Crippen LogP contribution in [-0.2, 0) is 4.74 Å². The Morgan fingerprint density at radius 1 is 1.28 bits per heavy atom. The van der Waals surface area contributed by atoms with Crippen LogP contribution in [0.15, 0.2) is 18.3 Å². The SMILES string of the molecule is Cc1cc(C)c2ncc(C(=O)OC(C)C)c(NCCCN(C)C)c2c1. The lowest BCUT2D eigenvalue weighted by molar-refractivity contribution is 0.0379. The second kappa shape index (κ2) is 8.30. The number of ether oxygens (including phenoxy) is 1. The Kier molecular flexibility index (Phi) is 6.37. The quantitative estimate of drug-likeness (QED) is 0.612. The second-order valence-corrected chi connectivity index (χ2v) is 7.06. The van der Waals surface area contributed by atoms with Gasteiger partial charge in [0, 0.05) is 18.1 Å². The zero-order chi connectivity index (χ0) is 18.6. The Balaban J connectivity index is 2.44. The number of nitrogens with one attached hydrogen (secondary N) is 1. The van der Waals surface area contributed by atoms with Gasteiger partial charge in [0.1, 0.15) is 5.56 Å². The maximum Gasteiger partial charge on any atom is 0.342 e. The van der Waals surface area contributed by atoms with Crippen molar-refractivity contribution in [3.05, 3.63) is 35.0 Å². The minimum atomic E-state index is -0.335. The van der Waals surface area contributed by atoms with Crippen LogP contribution in [-0.4, -0.2) is 49.1 Å². The van der Waals surface area contributed by atoms with Crippen molar-refractivity contribution in [2.75, 3.05) is 32.5 Å². The van der Waals surface area contributed by atoms with Crippen LogP contribution in [0.2, 0.25) is 0 Å². The highest BCUT2D eigenvalue weighted by Crippen LogP contribution is 2.30. The van der Waals surface area contributed by atoms with E-state index in [9.17, 15) is 4.79 Å². The molecule has 25 heavy (non-hydrogen) atoms. The first-order valence-corrected chi connectivity index (χ1v) is 8.79. The summed E-state index contributed by atoms with van der Waals surface area (Å²) in [5, 5.41) is 4.43. The fraction of sp³-hybridized carbons (Fsp3) is 0.500. The van der Waals surface area contributed by atoms with Crippen LogP contribution in [0.1, 0.15) is 41.8 Å². The largest absolute Gasteiger partial charge is 0.459 e. The molecule has 2 aromatic rings. The molecule has 5 nitrogen and oxygen atoms in total. The highest BCUT2D eigenvalue weighted by atomic mass is 16.5. The number of hydrogen-bond acceptors (Lipinski definition) is 5. The molecular weight excluding hydrogens is 314 g/mol. The average molecular weight is 343 g/mol. The standard InChI is InChI=1S/C20H29N3O2/c1-13(2)25-20(24)17-12-22-18-15(4)10-14(3)11-16(18)19(17)21-8-7-9-23(5)6/h10-13H,7-9H2,1-6H3,(H,21,22). The van der Waals surface area contributed by atoms with Gasteiger partial charge in [-0.25, -0.2) is 4.79 Å². The van der Waals surface area contributed by atoms with Gasteiger partial charge in [0.05, 0.1) is 17.3 Å². The van der Waals surface area contributed by atoms with Crippen LogP contribution in [0.4, 0.5) is 5.69 Å². The van der Waals surface area contributed by atoms with Gasteiger partial charge in [-0.2, -0.15) is 0 Å². The van der Waals surface area contributed by atoms with E-state index in [-0.39, 0.29) is 12.1 Å². The van der Waals surface area contributed by atoms with Crippen LogP contribution in [0.3, 0.4) is 0 Å². The molecule has 0 saturated carbocycles. The third kappa shape index (κ3) is 4.92. The first-order valence-electron chi connectivity index (χ1n) is 8.79. The molecule has 0 amide bonds. The highest BCUT2D eigenvalue weighted by molar-refractivity contribution is 6.05. The highest BCUT2D eigenvalue weighted by Gasteiger charge is 2.18. The summed E-state index contributed by atoms with van der Waals surface area (Å²) >= 11 is 0. The Morgan fingerprint density at radius 3 is 2.64 bits per heavy atom. The maximum absolute atomic E-state index is 12.5. The summed E-state index contributed by atoms with van der Waals surface area (Å²) in [6.07, 6.45) is 2.45. The number of aromatic nitrogens is 1. The van der Waals surface area contributed by atoms with E-state index in [0.717, 1.165) is 47.2 Å². The number of hydrogen-bond donors (Lipinski definition) is 1. The van der Waals surface area contributed by atoms with Crippen molar-refractivity contribution in [1.29, 1.82) is 0 Å². The predicted molar refractivity (Wildman–Crippen MR) is 103 cm³/mol. The van der Waals surface area contributed by atoms with Crippen molar-refractivity contribution in [1.82, 2.24) is 9.88 Å². The van der Waals surface area contributed by atoms with E-state index >= 15 is 0 Å². The summed E-state index contributed by atoms with van der Waals surface area (Å²) in [4.78, 5) is 19.2. The van der Waals surface area contributed by atoms with E-state index in [2.05, 4.69) is 48.4 Å². The van der Waals surface area contributed by atoms with Gasteiger partial charge >= 0.3 is 5.97 Å². The molecule has 0 radical (unpaired) electrons. The first-order chi connectivity index (χ1) is 11.8. The predicted octanol–water partition coefficient (Wildman–Crippen LogP) is 3.78. The number of rotatable bonds is 7. The average Bonchev–Trinajstić information content (AvgIpc) is 2.50. The van der Waals surface area contributed by atoms with E-state index in [1.54, 1.807) is 6.20 Å². The van der Waals surface area contributed by atoms with Gasteiger partial charge in [-0.15, -0.1) is 0 Å². The maximum atomic E-state index is 12.5. The summed E-state index contributed by atoms with van der Waals surface area (Å²) in [5.41, 5.74) is 4.49. The van der Waals surface area contributed by atoms with Gasteiger partial charge in [0.25, 0.3) is 0 Å². The number of carbonyl (C=O) groups excluding carboxylic acids is 1. The number of esters is 1. The second-order valence-electron chi connectivity index (χ2n) is 7.06. The summed E-state index contributed by atoms with van der Waals surface area (Å²) < 4.78 is 5.40. The van der Waals surface area contributed by atoms with Crippen molar-refractivity contribution < 1.29 is 9.53 Å². The molecule has 0 bridgehead atoms. The van der Waals surface area contributed by atoms with Crippen molar-refractivity contribution >= 4 is 22.6 Å². The Labute approximate surface area is 150 Å². The molecule has 0 unspecified atom stereocenters. The minimum absolute atomic E-state index is 0.163. The third-order valence-corrected chi connectivity index (χ3v) is 3.95. The molecule has 0 spiro atoms. The minimum Gasteiger partial charge on any atom is -0.459 e. The van der Waals surface area contributed by atoms with E-state index in [0.29, 0.717) is 5.56 Å². The molecule has 0 aliphatic heterocycles. The number of fused-ring (bicyclic) bond motifs is 1. The Bertz CT molecular complexity index is 754. The van der Waals surface area contributed by atoms with E-state index in [1.165, 1.54) is 0 Å². The van der Waals surface area contributed by atoms with Crippen LogP contribution in [0, 0.1) is 13.8 Å². The van der Waals surface area contributed by atoms with Crippen molar-refractivity contribution in [2.45, 2.75) is 40.2 Å². The van der Waals surface area contributed by atoms with Gasteiger partial charge in [-0.1, -0.05) is 11.6 Å². The van der Waals surface area contributed by atoms with Crippen molar-refractivity contribution in [3.63, 3.8) is 0 Å². The number of aryl methyl sites for hydroxylation is 2. The first kappa shape index (κ1) is 19.2. The van der Waals surface area contributed by atoms with Crippen LogP contribution in [0.5, 0.6) is 0 Å². The van der Waals surface area contributed by atoms with Gasteiger partial charge in [-0.05, 0) is 66.4 Å². The lowest BCUT2D eigenvalue weighted by Crippen LogP contribution is -2.18. The molecule has 0 atom stereocenters. The summed E-state index contributed by atoms with van der Waals surface area (Å²) in [6.45, 7) is 9.58. The van der Waals surface area contributed by atoms with Crippen molar-refractivity contribution in [2.24, 2.45) is 0 Å². The number of anilines is 1. The molecule has 0 aliphatic rings. The number of benzene rings is 1. The molecule has 0 fully saturated rings. The fourth-order valence-corrected chi connectivity index (χ4v) is 2.89. The molecule has 1 aromatic heterocycles. The van der Waals surface area contributed by atoms with Gasteiger partial charge in [-0.3, -0.25) is 4.98 Å². The lowest BCUT2D eigenvalue weighted by atomic mass is 10.0. The summed E-state index contributed by atoms with van der Waals surface area (Å²) in [5.74, 6) is -0.335. The molecular formula is C20H29N3O2. The Hall–Kier alpha value is -2.14. The van der Waals surface area contributed by atoms with Crippen LogP contribution >= 0.6 is 0 Å². The number of nitrogens with zero attached hydrogens (tertiary/aromatic N) is 2. The molecule has 0 aliphatic carbocycles. The molecule has 1 heterocycles. The van der Waals surface area contributed by atoms with E-state index in [1.807, 2.05) is 20.8 Å². The number of carbonyl (C=O) groups is 1. The number of pyridine rings is 1. The third-order valence-electron chi connectivity index (χ3n) is 3.95. The summed E-state index contributed by atoms with van der Waals surface area (Å²) in [6, 6.07) is 4.19. The van der Waals surface area contributed by atoms with Gasteiger partial charge in [0.2, 0.25) is 0 Å². The van der Waals surface area contributed by atoms with Crippen LogP contribution in [0.25, 0.3) is 10.9 Å².